The maximum absolute atomic E-state index is 5.90. The van der Waals surface area contributed by atoms with Gasteiger partial charge in [0.1, 0.15) is 0 Å². The predicted octanol–water partition coefficient (Wildman–Crippen LogP) is 2.48. The van der Waals surface area contributed by atoms with Crippen molar-refractivity contribution in [3.63, 3.8) is 0 Å². The minimum Gasteiger partial charge on any atom is -0.329 e. The molecule has 0 aromatic rings. The Balaban J connectivity index is 2.48. The number of nitrogens with zero attached hydrogens (tertiary/aromatic N) is 1. The van der Waals surface area contributed by atoms with Crippen molar-refractivity contribution in [2.45, 2.75) is 59.0 Å². The summed E-state index contributed by atoms with van der Waals surface area (Å²) in [5.74, 6) is 0.934. The van der Waals surface area contributed by atoms with Gasteiger partial charge in [0.25, 0.3) is 0 Å². The first kappa shape index (κ1) is 13.0. The average Bonchev–Trinajstić information content (AvgIpc) is 2.93. The molecule has 2 N–H and O–H groups in total. The van der Waals surface area contributed by atoms with E-state index in [-0.39, 0.29) is 0 Å². The molecule has 15 heavy (non-hydrogen) atoms. The molecule has 0 aromatic carbocycles. The normalized spacial score (nSPS) is 21.8. The van der Waals surface area contributed by atoms with Crippen LogP contribution in [0.3, 0.4) is 0 Å². The van der Waals surface area contributed by atoms with Crippen LogP contribution in [-0.2, 0) is 0 Å². The van der Waals surface area contributed by atoms with Crippen molar-refractivity contribution in [1.29, 1.82) is 0 Å². The Kier molecular flexibility index (Phi) is 4.19. The van der Waals surface area contributed by atoms with Gasteiger partial charge < -0.3 is 5.73 Å². The van der Waals surface area contributed by atoms with Crippen LogP contribution >= 0.6 is 0 Å². The van der Waals surface area contributed by atoms with E-state index < -0.39 is 0 Å². The lowest BCUT2D eigenvalue weighted by atomic mass is 9.87. The van der Waals surface area contributed by atoms with Crippen LogP contribution in [0.25, 0.3) is 0 Å². The molecule has 2 atom stereocenters. The summed E-state index contributed by atoms with van der Waals surface area (Å²) in [4.78, 5) is 2.50. The third kappa shape index (κ3) is 4.12. The van der Waals surface area contributed by atoms with Gasteiger partial charge in [-0.15, -0.1) is 0 Å². The lowest BCUT2D eigenvalue weighted by Crippen LogP contribution is -2.45. The number of rotatable bonds is 5. The Bertz CT molecular complexity index is 191. The molecule has 2 heteroatoms. The van der Waals surface area contributed by atoms with Crippen LogP contribution in [-0.4, -0.2) is 30.6 Å². The van der Waals surface area contributed by atoms with E-state index in [1.54, 1.807) is 0 Å². The smallest absolute Gasteiger partial charge is 0.0223 e. The van der Waals surface area contributed by atoms with Crippen molar-refractivity contribution in [1.82, 2.24) is 4.90 Å². The fraction of sp³-hybridized carbons (Fsp3) is 1.00. The SMILES string of the molecule is CC(C1CC1)N(C)C(CN)CC(C)(C)C. The number of likely N-dealkylation sites (N-methyl/N-ethyl adjacent to an activating group) is 1. The van der Waals surface area contributed by atoms with Crippen LogP contribution in [0.15, 0.2) is 0 Å². The molecule has 0 spiro atoms. The van der Waals surface area contributed by atoms with Crippen molar-refractivity contribution < 1.29 is 0 Å². The first-order valence-corrected chi connectivity index (χ1v) is 6.27. The number of hydrogen-bond acceptors (Lipinski definition) is 2. The van der Waals surface area contributed by atoms with Gasteiger partial charge in [0.2, 0.25) is 0 Å². The second-order valence-corrected chi connectivity index (χ2v) is 6.40. The molecule has 1 fully saturated rings. The molecule has 0 aliphatic heterocycles. The topological polar surface area (TPSA) is 29.3 Å². The van der Waals surface area contributed by atoms with Crippen molar-refractivity contribution in [3.05, 3.63) is 0 Å². The number of nitrogens with two attached hydrogens (primary N) is 1. The molecular formula is C13H28N2. The van der Waals surface area contributed by atoms with E-state index in [2.05, 4.69) is 39.6 Å². The van der Waals surface area contributed by atoms with Gasteiger partial charge in [0, 0.05) is 18.6 Å². The monoisotopic (exact) mass is 212 g/mol. The molecule has 1 saturated carbocycles. The van der Waals surface area contributed by atoms with Gasteiger partial charge in [-0.05, 0) is 44.6 Å². The highest BCUT2D eigenvalue weighted by Gasteiger charge is 2.33. The Labute approximate surface area is 95.2 Å². The molecule has 0 saturated heterocycles. The average molecular weight is 212 g/mol. The Morgan fingerprint density at radius 1 is 1.33 bits per heavy atom. The second-order valence-electron chi connectivity index (χ2n) is 6.40. The third-order valence-electron chi connectivity index (χ3n) is 3.64. The van der Waals surface area contributed by atoms with Crippen molar-refractivity contribution in [3.8, 4) is 0 Å². The van der Waals surface area contributed by atoms with Crippen molar-refractivity contribution >= 4 is 0 Å². The van der Waals surface area contributed by atoms with E-state index >= 15 is 0 Å². The molecule has 2 nitrogen and oxygen atoms in total. The third-order valence-corrected chi connectivity index (χ3v) is 3.64. The quantitative estimate of drug-likeness (QED) is 0.758. The summed E-state index contributed by atoms with van der Waals surface area (Å²) in [6, 6.07) is 1.25. The summed E-state index contributed by atoms with van der Waals surface area (Å²) in [6.45, 7) is 10.0. The first-order valence-electron chi connectivity index (χ1n) is 6.27. The minimum atomic E-state index is 0.377. The van der Waals surface area contributed by atoms with Crippen molar-refractivity contribution in [2.75, 3.05) is 13.6 Å². The van der Waals surface area contributed by atoms with Gasteiger partial charge in [-0.25, -0.2) is 0 Å². The summed E-state index contributed by atoms with van der Waals surface area (Å²) >= 11 is 0. The summed E-state index contributed by atoms with van der Waals surface area (Å²) in [6.07, 6.45) is 4.02. The zero-order valence-electron chi connectivity index (χ0n) is 11.1. The molecule has 0 radical (unpaired) electrons. The molecule has 2 unspecified atom stereocenters. The highest BCUT2D eigenvalue weighted by atomic mass is 15.2. The molecular weight excluding hydrogens is 184 g/mol. The van der Waals surface area contributed by atoms with Crippen molar-refractivity contribution in [2.24, 2.45) is 17.1 Å². The maximum Gasteiger partial charge on any atom is 0.0223 e. The Morgan fingerprint density at radius 2 is 1.87 bits per heavy atom. The van der Waals surface area contributed by atoms with E-state index in [1.807, 2.05) is 0 Å². The molecule has 1 rings (SSSR count). The summed E-state index contributed by atoms with van der Waals surface area (Å²) in [5.41, 5.74) is 6.27. The minimum absolute atomic E-state index is 0.377. The van der Waals surface area contributed by atoms with Gasteiger partial charge in [0.05, 0.1) is 0 Å². The second kappa shape index (κ2) is 4.84. The fourth-order valence-corrected chi connectivity index (χ4v) is 2.34. The lowest BCUT2D eigenvalue weighted by Gasteiger charge is -2.36. The predicted molar refractivity (Wildman–Crippen MR) is 66.9 cm³/mol. The van der Waals surface area contributed by atoms with Crippen LogP contribution in [0.1, 0.15) is 47.0 Å². The van der Waals surface area contributed by atoms with Crippen LogP contribution in [0, 0.1) is 11.3 Å². The lowest BCUT2D eigenvalue weighted by molar-refractivity contribution is 0.131. The molecule has 0 bridgehead atoms. The van der Waals surface area contributed by atoms with Gasteiger partial charge >= 0.3 is 0 Å². The molecule has 90 valence electrons. The van der Waals surface area contributed by atoms with Gasteiger partial charge in [0.15, 0.2) is 0 Å². The summed E-state index contributed by atoms with van der Waals surface area (Å²) in [7, 11) is 2.24. The standard InChI is InChI=1S/C13H28N2/c1-10(11-6-7-11)15(5)12(9-14)8-13(2,3)4/h10-12H,6-9,14H2,1-5H3. The largest absolute Gasteiger partial charge is 0.329 e. The molecule has 1 aliphatic rings. The Morgan fingerprint density at radius 3 is 2.20 bits per heavy atom. The fourth-order valence-electron chi connectivity index (χ4n) is 2.34. The first-order chi connectivity index (χ1) is 6.85. The van der Waals surface area contributed by atoms with Gasteiger partial charge in [-0.2, -0.15) is 0 Å². The van der Waals surface area contributed by atoms with Gasteiger partial charge in [-0.3, -0.25) is 4.90 Å². The highest BCUT2D eigenvalue weighted by molar-refractivity contribution is 4.88. The molecule has 0 amide bonds. The molecule has 0 aromatic heterocycles. The Hall–Kier alpha value is -0.0800. The maximum atomic E-state index is 5.90. The van der Waals surface area contributed by atoms with E-state index in [4.69, 9.17) is 5.73 Å². The van der Waals surface area contributed by atoms with E-state index in [9.17, 15) is 0 Å². The van der Waals surface area contributed by atoms with Gasteiger partial charge in [-0.1, -0.05) is 20.8 Å². The van der Waals surface area contributed by atoms with Crippen LogP contribution < -0.4 is 5.73 Å². The van der Waals surface area contributed by atoms with Crippen LogP contribution in [0.5, 0.6) is 0 Å². The van der Waals surface area contributed by atoms with E-state index in [0.29, 0.717) is 17.5 Å². The summed E-state index contributed by atoms with van der Waals surface area (Å²) in [5, 5.41) is 0. The van der Waals surface area contributed by atoms with Crippen LogP contribution in [0.4, 0.5) is 0 Å². The summed E-state index contributed by atoms with van der Waals surface area (Å²) < 4.78 is 0. The zero-order chi connectivity index (χ0) is 11.6. The zero-order valence-corrected chi connectivity index (χ0v) is 11.1. The van der Waals surface area contributed by atoms with Crippen LogP contribution in [0.2, 0.25) is 0 Å². The van der Waals surface area contributed by atoms with E-state index in [0.717, 1.165) is 12.5 Å². The number of hydrogen-bond donors (Lipinski definition) is 1. The van der Waals surface area contributed by atoms with E-state index in [1.165, 1.54) is 19.3 Å². The molecule has 1 aliphatic carbocycles. The molecule has 0 heterocycles. The highest BCUT2D eigenvalue weighted by Crippen LogP contribution is 2.36.